The maximum absolute atomic E-state index is 11.1. The van der Waals surface area contributed by atoms with Crippen LogP contribution in [0.2, 0.25) is 0 Å². The van der Waals surface area contributed by atoms with E-state index < -0.39 is 0 Å². The number of carbonyl (C=O) groups is 1. The number of nitrogens with two attached hydrogens (primary N) is 1. The van der Waals surface area contributed by atoms with Crippen LogP contribution < -0.4 is 11.3 Å². The van der Waals surface area contributed by atoms with Gasteiger partial charge in [-0.2, -0.15) is 0 Å². The molecule has 0 radical (unpaired) electrons. The number of likely N-dealkylation sites (tertiary alicyclic amines) is 1. The lowest BCUT2D eigenvalue weighted by molar-refractivity contribution is -0.122. The molecule has 4 heteroatoms. The van der Waals surface area contributed by atoms with Gasteiger partial charge in [0.25, 0.3) is 0 Å². The topological polar surface area (TPSA) is 58.4 Å². The minimum atomic E-state index is -0.0752. The van der Waals surface area contributed by atoms with Gasteiger partial charge in [0, 0.05) is 19.0 Å². The van der Waals surface area contributed by atoms with Crippen molar-refractivity contribution in [3.63, 3.8) is 0 Å². The number of hydrazine groups is 1. The molecule has 0 aromatic heterocycles. The number of hydrogen-bond acceptors (Lipinski definition) is 3. The summed E-state index contributed by atoms with van der Waals surface area (Å²) >= 11 is 0. The van der Waals surface area contributed by atoms with Crippen molar-refractivity contribution >= 4 is 5.91 Å². The van der Waals surface area contributed by atoms with Crippen LogP contribution in [0.3, 0.4) is 0 Å². The van der Waals surface area contributed by atoms with Crippen LogP contribution in [0.25, 0.3) is 0 Å². The van der Waals surface area contributed by atoms with Crippen LogP contribution in [0, 0.1) is 11.8 Å². The second-order valence-electron chi connectivity index (χ2n) is 4.86. The lowest BCUT2D eigenvalue weighted by atomic mass is 9.88. The van der Waals surface area contributed by atoms with Gasteiger partial charge in [0.1, 0.15) is 0 Å². The Morgan fingerprint density at radius 1 is 1.53 bits per heavy atom. The summed E-state index contributed by atoms with van der Waals surface area (Å²) in [4.78, 5) is 13.5. The van der Waals surface area contributed by atoms with E-state index in [9.17, 15) is 4.79 Å². The van der Waals surface area contributed by atoms with Crippen LogP contribution >= 0.6 is 0 Å². The molecule has 1 amide bonds. The first-order chi connectivity index (χ1) is 7.04. The SMILES string of the molecule is CC1CCN(C(C)CC(=O)NN)CC1C. The Labute approximate surface area is 92.2 Å². The van der Waals surface area contributed by atoms with E-state index in [1.807, 2.05) is 0 Å². The standard InChI is InChI=1S/C11H23N3O/c1-8-4-5-14(7-9(8)2)10(3)6-11(15)13-12/h8-10H,4-7,12H2,1-3H3,(H,13,15). The van der Waals surface area contributed by atoms with Crippen LogP contribution in [0.5, 0.6) is 0 Å². The molecule has 4 nitrogen and oxygen atoms in total. The van der Waals surface area contributed by atoms with E-state index in [4.69, 9.17) is 5.84 Å². The molecule has 0 aromatic rings. The average molecular weight is 213 g/mol. The highest BCUT2D eigenvalue weighted by molar-refractivity contribution is 5.75. The maximum Gasteiger partial charge on any atom is 0.235 e. The lowest BCUT2D eigenvalue weighted by Gasteiger charge is -2.38. The summed E-state index contributed by atoms with van der Waals surface area (Å²) in [5.41, 5.74) is 2.19. The van der Waals surface area contributed by atoms with Crippen LogP contribution in [0.1, 0.15) is 33.6 Å². The maximum atomic E-state index is 11.1. The highest BCUT2D eigenvalue weighted by atomic mass is 16.2. The van der Waals surface area contributed by atoms with Crippen molar-refractivity contribution in [3.05, 3.63) is 0 Å². The second-order valence-corrected chi connectivity index (χ2v) is 4.86. The molecule has 0 bridgehead atoms. The van der Waals surface area contributed by atoms with Crippen molar-refractivity contribution in [3.8, 4) is 0 Å². The largest absolute Gasteiger partial charge is 0.300 e. The first-order valence-corrected chi connectivity index (χ1v) is 5.78. The summed E-state index contributed by atoms with van der Waals surface area (Å²) in [6.45, 7) is 8.88. The molecule has 3 unspecified atom stereocenters. The molecule has 1 heterocycles. The minimum Gasteiger partial charge on any atom is -0.300 e. The highest BCUT2D eigenvalue weighted by Gasteiger charge is 2.26. The molecule has 1 aliphatic heterocycles. The number of nitrogens with zero attached hydrogens (tertiary/aromatic N) is 1. The lowest BCUT2D eigenvalue weighted by Crippen LogP contribution is -2.45. The Bertz CT molecular complexity index is 220. The predicted molar refractivity (Wildman–Crippen MR) is 60.9 cm³/mol. The molecule has 15 heavy (non-hydrogen) atoms. The summed E-state index contributed by atoms with van der Waals surface area (Å²) in [6.07, 6.45) is 1.73. The number of piperidine rings is 1. The van der Waals surface area contributed by atoms with Crippen molar-refractivity contribution < 1.29 is 4.79 Å². The molecule has 3 atom stereocenters. The third-order valence-electron chi connectivity index (χ3n) is 3.63. The highest BCUT2D eigenvalue weighted by Crippen LogP contribution is 2.24. The van der Waals surface area contributed by atoms with Crippen molar-refractivity contribution in [2.75, 3.05) is 13.1 Å². The Balaban J connectivity index is 2.40. The van der Waals surface area contributed by atoms with Gasteiger partial charge in [-0.15, -0.1) is 0 Å². The summed E-state index contributed by atoms with van der Waals surface area (Å²) in [5, 5.41) is 0. The van der Waals surface area contributed by atoms with E-state index in [-0.39, 0.29) is 5.91 Å². The van der Waals surface area contributed by atoms with Gasteiger partial charge in [0.2, 0.25) is 5.91 Å². The number of nitrogens with one attached hydrogen (secondary N) is 1. The molecule has 1 saturated heterocycles. The van der Waals surface area contributed by atoms with Crippen molar-refractivity contribution in [2.24, 2.45) is 17.7 Å². The number of carbonyl (C=O) groups excluding carboxylic acids is 1. The van der Waals surface area contributed by atoms with Crippen molar-refractivity contribution in [1.82, 2.24) is 10.3 Å². The fourth-order valence-electron chi connectivity index (χ4n) is 2.15. The van der Waals surface area contributed by atoms with Gasteiger partial charge in [-0.25, -0.2) is 5.84 Å². The zero-order valence-electron chi connectivity index (χ0n) is 9.99. The molecule has 1 aliphatic rings. The molecule has 0 saturated carbocycles. The zero-order chi connectivity index (χ0) is 11.4. The van der Waals surface area contributed by atoms with Crippen LogP contribution in [0.15, 0.2) is 0 Å². The molecule has 3 N–H and O–H groups in total. The normalized spacial score (nSPS) is 29.9. The molecule has 0 spiro atoms. The van der Waals surface area contributed by atoms with E-state index >= 15 is 0 Å². The van der Waals surface area contributed by atoms with Crippen molar-refractivity contribution in [2.45, 2.75) is 39.7 Å². The van der Waals surface area contributed by atoms with Crippen LogP contribution in [-0.2, 0) is 4.79 Å². The Kier molecular flexibility index (Phi) is 4.54. The number of hydrogen-bond donors (Lipinski definition) is 2. The van der Waals surface area contributed by atoms with Gasteiger partial charge in [-0.1, -0.05) is 13.8 Å². The Morgan fingerprint density at radius 2 is 2.20 bits per heavy atom. The minimum absolute atomic E-state index is 0.0752. The molecule has 0 aromatic carbocycles. The van der Waals surface area contributed by atoms with Gasteiger partial charge in [0.05, 0.1) is 0 Å². The van der Waals surface area contributed by atoms with Gasteiger partial charge >= 0.3 is 0 Å². The molecular formula is C11H23N3O. The summed E-state index contributed by atoms with van der Waals surface area (Å²) in [5.74, 6) is 6.53. The molecule has 88 valence electrons. The molecular weight excluding hydrogens is 190 g/mol. The quantitative estimate of drug-likeness (QED) is 0.413. The molecule has 0 aliphatic carbocycles. The Hall–Kier alpha value is -0.610. The number of amides is 1. The van der Waals surface area contributed by atoms with Crippen molar-refractivity contribution in [1.29, 1.82) is 0 Å². The summed E-state index contributed by atoms with van der Waals surface area (Å²) in [7, 11) is 0. The molecule has 1 rings (SSSR count). The van der Waals surface area contributed by atoms with Gasteiger partial charge in [0.15, 0.2) is 0 Å². The van der Waals surface area contributed by atoms with Gasteiger partial charge in [-0.05, 0) is 31.7 Å². The third kappa shape index (κ3) is 3.47. The zero-order valence-corrected chi connectivity index (χ0v) is 9.99. The van der Waals surface area contributed by atoms with E-state index in [1.54, 1.807) is 0 Å². The monoisotopic (exact) mass is 213 g/mol. The summed E-state index contributed by atoms with van der Waals surface area (Å²) < 4.78 is 0. The first-order valence-electron chi connectivity index (χ1n) is 5.78. The molecule has 1 fully saturated rings. The van der Waals surface area contributed by atoms with Gasteiger partial charge < -0.3 is 0 Å². The van der Waals surface area contributed by atoms with E-state index in [0.717, 1.165) is 24.9 Å². The van der Waals surface area contributed by atoms with Crippen LogP contribution in [-0.4, -0.2) is 29.9 Å². The van der Waals surface area contributed by atoms with Crippen LogP contribution in [0.4, 0.5) is 0 Å². The van der Waals surface area contributed by atoms with E-state index in [2.05, 4.69) is 31.1 Å². The van der Waals surface area contributed by atoms with Gasteiger partial charge in [-0.3, -0.25) is 15.1 Å². The fourth-order valence-corrected chi connectivity index (χ4v) is 2.15. The first kappa shape index (κ1) is 12.5. The number of rotatable bonds is 3. The second kappa shape index (κ2) is 5.47. The van der Waals surface area contributed by atoms with E-state index in [0.29, 0.717) is 12.5 Å². The fraction of sp³-hybridized carbons (Fsp3) is 0.909. The summed E-state index contributed by atoms with van der Waals surface area (Å²) in [6, 6.07) is 0.295. The van der Waals surface area contributed by atoms with E-state index in [1.165, 1.54) is 6.42 Å². The third-order valence-corrected chi connectivity index (χ3v) is 3.63. The predicted octanol–water partition coefficient (Wildman–Crippen LogP) is 0.733. The smallest absolute Gasteiger partial charge is 0.235 e. The Morgan fingerprint density at radius 3 is 2.73 bits per heavy atom. The average Bonchev–Trinajstić information content (AvgIpc) is 2.21.